The van der Waals surface area contributed by atoms with Gasteiger partial charge in [0.2, 0.25) is 0 Å². The quantitative estimate of drug-likeness (QED) is 0.799. The Bertz CT molecular complexity index is 803. The highest BCUT2D eigenvalue weighted by Gasteiger charge is 2.23. The molecule has 4 nitrogen and oxygen atoms in total. The van der Waals surface area contributed by atoms with Crippen molar-refractivity contribution in [2.24, 2.45) is 10.9 Å². The van der Waals surface area contributed by atoms with Crippen LogP contribution >= 0.6 is 0 Å². The van der Waals surface area contributed by atoms with E-state index in [1.54, 1.807) is 0 Å². The van der Waals surface area contributed by atoms with E-state index in [0.29, 0.717) is 6.42 Å². The molecule has 1 atom stereocenters. The van der Waals surface area contributed by atoms with Gasteiger partial charge in [-0.3, -0.25) is 9.48 Å². The van der Waals surface area contributed by atoms with Crippen molar-refractivity contribution >= 4 is 12.0 Å². The lowest BCUT2D eigenvalue weighted by Crippen LogP contribution is -2.34. The maximum absolute atomic E-state index is 12.2. The van der Waals surface area contributed by atoms with Crippen LogP contribution in [0.15, 0.2) is 35.5 Å². The first-order valence-corrected chi connectivity index (χ1v) is 7.04. The van der Waals surface area contributed by atoms with Crippen LogP contribution in [-0.2, 0) is 24.2 Å². The van der Waals surface area contributed by atoms with Crippen molar-refractivity contribution < 1.29 is 4.79 Å². The number of nitrogens with zero attached hydrogens (tertiary/aromatic N) is 3. The molecule has 1 aromatic heterocycles. The molecule has 1 aromatic carbocycles. The fourth-order valence-corrected chi connectivity index (χ4v) is 3.10. The number of hydrogen-bond acceptors (Lipinski definition) is 2. The molecular weight excluding hydrogens is 250 g/mol. The van der Waals surface area contributed by atoms with Crippen LogP contribution in [0.4, 0.5) is 0 Å². The van der Waals surface area contributed by atoms with Crippen molar-refractivity contribution in [1.29, 1.82) is 0 Å². The summed E-state index contributed by atoms with van der Waals surface area (Å²) in [6.45, 7) is 1.00. The number of hydrogen-bond donors (Lipinski definition) is 0. The largest absolute Gasteiger partial charge is 0.272 e. The Hall–Kier alpha value is -2.23. The van der Waals surface area contributed by atoms with Crippen LogP contribution in [0.25, 0.3) is 6.08 Å². The van der Waals surface area contributed by atoms with Gasteiger partial charge in [-0.1, -0.05) is 24.3 Å². The Morgan fingerprint density at radius 2 is 2.20 bits per heavy atom. The highest BCUT2D eigenvalue weighted by atomic mass is 16.1. The Morgan fingerprint density at radius 1 is 1.30 bits per heavy atom. The summed E-state index contributed by atoms with van der Waals surface area (Å²) >= 11 is 0. The third kappa shape index (κ3) is 1.80. The molecule has 0 radical (unpaired) electrons. The molecule has 0 N–H and O–H groups in total. The van der Waals surface area contributed by atoms with Gasteiger partial charge in [0, 0.05) is 12.2 Å². The van der Waals surface area contributed by atoms with Gasteiger partial charge in [-0.25, -0.2) is 4.99 Å². The number of rotatable bonds is 2. The second-order valence-electron chi connectivity index (χ2n) is 5.43. The number of aromatic nitrogens is 2. The lowest BCUT2D eigenvalue weighted by atomic mass is 9.95. The summed E-state index contributed by atoms with van der Waals surface area (Å²) in [7, 11) is 0. The Kier molecular flexibility index (Phi) is 2.55. The number of fused-ring (bicyclic) bond motifs is 2. The molecule has 20 heavy (non-hydrogen) atoms. The van der Waals surface area contributed by atoms with Crippen LogP contribution in [0.3, 0.4) is 0 Å². The molecule has 0 fully saturated rings. The Balaban J connectivity index is 1.70. The standard InChI is InChI=1S/C16H15N3O/c20-16-12(8-11-4-1-2-5-14(11)18-16)9-13-10-17-19-7-3-6-15(13)19/h1-2,4-5,8,10,12H,3,6-7,9H2. The molecule has 0 aliphatic carbocycles. The first-order chi connectivity index (χ1) is 9.81. The van der Waals surface area contributed by atoms with Gasteiger partial charge < -0.3 is 0 Å². The van der Waals surface area contributed by atoms with Crippen LogP contribution in [0.5, 0.6) is 0 Å². The van der Waals surface area contributed by atoms with Crippen molar-refractivity contribution in [2.45, 2.75) is 25.8 Å². The van der Waals surface area contributed by atoms with Crippen molar-refractivity contribution in [3.8, 4) is 0 Å². The average molecular weight is 265 g/mol. The second kappa shape index (κ2) is 4.40. The number of benzene rings is 1. The Morgan fingerprint density at radius 3 is 3.15 bits per heavy atom. The predicted molar refractivity (Wildman–Crippen MR) is 74.4 cm³/mol. The zero-order valence-corrected chi connectivity index (χ0v) is 11.1. The van der Waals surface area contributed by atoms with Crippen molar-refractivity contribution in [3.63, 3.8) is 0 Å². The van der Waals surface area contributed by atoms with E-state index in [0.717, 1.165) is 30.0 Å². The summed E-state index contributed by atoms with van der Waals surface area (Å²) in [4.78, 5) is 16.4. The van der Waals surface area contributed by atoms with Crippen molar-refractivity contribution in [3.05, 3.63) is 52.3 Å². The van der Waals surface area contributed by atoms with E-state index in [-0.39, 0.29) is 11.8 Å². The number of para-hydroxylation sites is 1. The zero-order chi connectivity index (χ0) is 13.5. The molecule has 1 amide bonds. The summed E-state index contributed by atoms with van der Waals surface area (Å²) in [6.07, 6.45) is 6.90. The number of aryl methyl sites for hydroxylation is 1. The first-order valence-electron chi connectivity index (χ1n) is 7.04. The smallest absolute Gasteiger partial charge is 0.253 e. The molecule has 0 saturated carbocycles. The van der Waals surface area contributed by atoms with Crippen LogP contribution in [0, 0.1) is 5.92 Å². The maximum Gasteiger partial charge on any atom is 0.253 e. The van der Waals surface area contributed by atoms with Crippen molar-refractivity contribution in [2.75, 3.05) is 0 Å². The minimum Gasteiger partial charge on any atom is -0.272 e. The lowest BCUT2D eigenvalue weighted by Gasteiger charge is -2.11. The van der Waals surface area contributed by atoms with Crippen LogP contribution < -0.4 is 10.6 Å². The van der Waals surface area contributed by atoms with Gasteiger partial charge in [0.15, 0.2) is 0 Å². The fourth-order valence-electron chi connectivity index (χ4n) is 3.10. The van der Waals surface area contributed by atoms with E-state index >= 15 is 0 Å². The average Bonchev–Trinajstić information content (AvgIpc) is 3.04. The third-order valence-electron chi connectivity index (χ3n) is 4.12. The van der Waals surface area contributed by atoms with Crippen molar-refractivity contribution in [1.82, 2.24) is 9.78 Å². The van der Waals surface area contributed by atoms with Gasteiger partial charge in [0.25, 0.3) is 5.91 Å². The van der Waals surface area contributed by atoms with Gasteiger partial charge in [-0.2, -0.15) is 5.10 Å². The van der Waals surface area contributed by atoms with Gasteiger partial charge >= 0.3 is 0 Å². The van der Waals surface area contributed by atoms with Gasteiger partial charge in [0.1, 0.15) is 0 Å². The second-order valence-corrected chi connectivity index (χ2v) is 5.43. The monoisotopic (exact) mass is 265 g/mol. The molecule has 0 spiro atoms. The number of carbonyl (C=O) groups excluding carboxylic acids is 1. The molecule has 100 valence electrons. The summed E-state index contributed by atoms with van der Waals surface area (Å²) in [5.74, 6) is -0.193. The van der Waals surface area contributed by atoms with E-state index in [4.69, 9.17) is 0 Å². The van der Waals surface area contributed by atoms with E-state index in [9.17, 15) is 4.79 Å². The highest BCUT2D eigenvalue weighted by Crippen LogP contribution is 2.22. The van der Waals surface area contributed by atoms with E-state index in [2.05, 4.69) is 14.8 Å². The lowest BCUT2D eigenvalue weighted by molar-refractivity contribution is -0.120. The molecule has 4 rings (SSSR count). The first kappa shape index (κ1) is 11.6. The molecule has 1 unspecified atom stereocenters. The maximum atomic E-state index is 12.2. The molecule has 3 heterocycles. The molecule has 4 heteroatoms. The van der Waals surface area contributed by atoms with Gasteiger partial charge in [-0.05, 0) is 36.1 Å². The summed E-state index contributed by atoms with van der Waals surface area (Å²) in [6, 6.07) is 7.79. The molecule has 2 aliphatic rings. The SMILES string of the molecule is O=C1N=c2ccccc2=CC1Cc1cnn2c1CCC2. The predicted octanol–water partition coefficient (Wildman–Crippen LogP) is 0.628. The van der Waals surface area contributed by atoms with Crippen LogP contribution in [-0.4, -0.2) is 15.7 Å². The van der Waals surface area contributed by atoms with Crippen LogP contribution in [0.1, 0.15) is 17.7 Å². The molecule has 0 bridgehead atoms. The summed E-state index contributed by atoms with van der Waals surface area (Å²) in [5.41, 5.74) is 2.50. The van der Waals surface area contributed by atoms with E-state index in [1.807, 2.05) is 36.5 Å². The Labute approximate surface area is 116 Å². The minimum atomic E-state index is -0.153. The molecule has 2 aliphatic heterocycles. The van der Waals surface area contributed by atoms with Gasteiger partial charge in [-0.15, -0.1) is 0 Å². The van der Waals surface area contributed by atoms with Crippen LogP contribution in [0.2, 0.25) is 0 Å². The molecule has 0 saturated heterocycles. The van der Waals surface area contributed by atoms with E-state index in [1.165, 1.54) is 11.3 Å². The summed E-state index contributed by atoms with van der Waals surface area (Å²) in [5, 5.41) is 6.23. The number of carbonyl (C=O) groups is 1. The zero-order valence-electron chi connectivity index (χ0n) is 11.1. The molecule has 2 aromatic rings. The minimum absolute atomic E-state index is 0.0401. The molecular formula is C16H15N3O. The van der Waals surface area contributed by atoms with E-state index < -0.39 is 0 Å². The number of amides is 1. The third-order valence-corrected chi connectivity index (χ3v) is 4.12. The normalized spacial score (nSPS) is 20.0. The topological polar surface area (TPSA) is 47.2 Å². The highest BCUT2D eigenvalue weighted by molar-refractivity contribution is 5.86. The fraction of sp³-hybridized carbons (Fsp3) is 0.312. The van der Waals surface area contributed by atoms with Gasteiger partial charge in [0.05, 0.1) is 17.5 Å². The summed E-state index contributed by atoms with van der Waals surface area (Å²) < 4.78 is 2.06.